The molecular weight excluding hydrogens is 394 g/mol. The summed E-state index contributed by atoms with van der Waals surface area (Å²) >= 11 is 7.66. The molecule has 2 aliphatic heterocycles. The van der Waals surface area contributed by atoms with Gasteiger partial charge in [-0.1, -0.05) is 23.4 Å². The second-order valence-electron chi connectivity index (χ2n) is 7.36. The summed E-state index contributed by atoms with van der Waals surface area (Å²) in [5, 5.41) is 5.84. The molecule has 144 valence electrons. The number of halogens is 1. The van der Waals surface area contributed by atoms with E-state index in [2.05, 4.69) is 29.6 Å². The Kier molecular flexibility index (Phi) is 4.49. The third kappa shape index (κ3) is 3.05. The summed E-state index contributed by atoms with van der Waals surface area (Å²) in [7, 11) is 0. The van der Waals surface area contributed by atoms with Crippen LogP contribution in [0.2, 0.25) is 5.02 Å². The topological polar surface area (TPSA) is 85.8 Å². The summed E-state index contributed by atoms with van der Waals surface area (Å²) in [6, 6.07) is 3.98. The fourth-order valence-electron chi connectivity index (χ4n) is 4.18. The maximum atomic E-state index is 6.56. The number of nitrogens with zero attached hydrogens (tertiary/aromatic N) is 6. The van der Waals surface area contributed by atoms with Gasteiger partial charge in [0.05, 0.1) is 29.2 Å². The summed E-state index contributed by atoms with van der Waals surface area (Å²) in [4.78, 5) is 16.4. The van der Waals surface area contributed by atoms with Gasteiger partial charge < -0.3 is 10.6 Å². The third-order valence-corrected chi connectivity index (χ3v) is 7.25. The highest BCUT2D eigenvalue weighted by molar-refractivity contribution is 7.99. The average molecular weight is 414 g/mol. The lowest BCUT2D eigenvalue weighted by Crippen LogP contribution is -2.45. The van der Waals surface area contributed by atoms with E-state index in [0.717, 1.165) is 53.9 Å². The molecule has 1 saturated heterocycles. The van der Waals surface area contributed by atoms with Crippen LogP contribution >= 0.6 is 23.4 Å². The van der Waals surface area contributed by atoms with Crippen molar-refractivity contribution in [2.75, 3.05) is 18.0 Å². The molecule has 1 atom stereocenters. The van der Waals surface area contributed by atoms with E-state index in [9.17, 15) is 0 Å². The first-order chi connectivity index (χ1) is 13.6. The number of pyridine rings is 1. The van der Waals surface area contributed by atoms with Crippen LogP contribution in [0.5, 0.6) is 0 Å². The van der Waals surface area contributed by atoms with Crippen molar-refractivity contribution in [3.05, 3.63) is 53.8 Å². The fraction of sp³-hybridized carbons (Fsp3) is 0.368. The largest absolute Gasteiger partial charge is 0.355 e. The standard InChI is InChI=1S/C19H20ClN7S/c20-13-9-22-5-2-15(13)28-17-11-23-16(10-24-17)26-7-3-19(4-8-26)12-27-14(18(19)21)1-6-25-27/h1-2,5-6,9-11,18H,3-4,7-8,12,21H2/t18-/m1/s1. The Balaban J connectivity index is 1.25. The number of rotatable bonds is 3. The number of aromatic nitrogens is 5. The molecule has 5 heterocycles. The first kappa shape index (κ1) is 17.9. The van der Waals surface area contributed by atoms with Gasteiger partial charge in [0.2, 0.25) is 0 Å². The van der Waals surface area contributed by atoms with Gasteiger partial charge in [-0.3, -0.25) is 9.67 Å². The molecule has 0 radical (unpaired) electrons. The molecule has 0 aliphatic carbocycles. The van der Waals surface area contributed by atoms with E-state index in [1.54, 1.807) is 18.6 Å². The van der Waals surface area contributed by atoms with E-state index in [4.69, 9.17) is 17.3 Å². The number of anilines is 1. The molecule has 5 rings (SSSR count). The van der Waals surface area contributed by atoms with Crippen LogP contribution in [0.1, 0.15) is 24.6 Å². The molecule has 2 N–H and O–H groups in total. The monoisotopic (exact) mass is 413 g/mol. The van der Waals surface area contributed by atoms with Crippen LogP contribution < -0.4 is 10.6 Å². The molecule has 0 saturated carbocycles. The zero-order valence-corrected chi connectivity index (χ0v) is 16.8. The minimum atomic E-state index is 0.0621. The zero-order chi connectivity index (χ0) is 19.1. The molecule has 1 fully saturated rings. The summed E-state index contributed by atoms with van der Waals surface area (Å²) in [6.45, 7) is 2.77. The summed E-state index contributed by atoms with van der Waals surface area (Å²) in [5.41, 5.74) is 7.83. The number of fused-ring (bicyclic) bond motifs is 1. The van der Waals surface area contributed by atoms with Crippen molar-refractivity contribution in [3.8, 4) is 0 Å². The van der Waals surface area contributed by atoms with E-state index in [1.165, 1.54) is 11.8 Å². The predicted molar refractivity (Wildman–Crippen MR) is 108 cm³/mol. The molecule has 3 aromatic rings. The van der Waals surface area contributed by atoms with Crippen molar-refractivity contribution < 1.29 is 0 Å². The Bertz CT molecular complexity index is 982. The molecule has 1 spiro atoms. The smallest absolute Gasteiger partial charge is 0.147 e. The summed E-state index contributed by atoms with van der Waals surface area (Å²) in [6.07, 6.45) is 10.9. The minimum absolute atomic E-state index is 0.0621. The average Bonchev–Trinajstić information content (AvgIpc) is 3.27. The molecule has 3 aromatic heterocycles. The van der Waals surface area contributed by atoms with Crippen molar-refractivity contribution >= 4 is 29.2 Å². The van der Waals surface area contributed by atoms with E-state index in [1.807, 2.05) is 24.5 Å². The second kappa shape index (κ2) is 7.02. The Morgan fingerprint density at radius 2 is 1.96 bits per heavy atom. The summed E-state index contributed by atoms with van der Waals surface area (Å²) < 4.78 is 2.07. The van der Waals surface area contributed by atoms with E-state index >= 15 is 0 Å². The van der Waals surface area contributed by atoms with E-state index < -0.39 is 0 Å². The lowest BCUT2D eigenvalue weighted by Gasteiger charge is -2.41. The maximum Gasteiger partial charge on any atom is 0.147 e. The highest BCUT2D eigenvalue weighted by Crippen LogP contribution is 2.47. The number of hydrogen-bond acceptors (Lipinski definition) is 7. The lowest BCUT2D eigenvalue weighted by molar-refractivity contribution is 0.170. The Morgan fingerprint density at radius 1 is 1.11 bits per heavy atom. The van der Waals surface area contributed by atoms with Gasteiger partial charge in [-0.05, 0) is 25.0 Å². The second-order valence-corrected chi connectivity index (χ2v) is 8.83. The van der Waals surface area contributed by atoms with Crippen molar-refractivity contribution in [2.45, 2.75) is 35.3 Å². The van der Waals surface area contributed by atoms with Crippen LogP contribution in [-0.2, 0) is 6.54 Å². The van der Waals surface area contributed by atoms with Gasteiger partial charge in [0.25, 0.3) is 0 Å². The number of nitrogens with two attached hydrogens (primary N) is 1. The molecular formula is C19H20ClN7S. The maximum absolute atomic E-state index is 6.56. The first-order valence-electron chi connectivity index (χ1n) is 9.26. The quantitative estimate of drug-likeness (QED) is 0.705. The van der Waals surface area contributed by atoms with Crippen LogP contribution in [0, 0.1) is 5.41 Å². The van der Waals surface area contributed by atoms with Crippen LogP contribution in [0.25, 0.3) is 0 Å². The van der Waals surface area contributed by atoms with E-state index in [-0.39, 0.29) is 11.5 Å². The lowest BCUT2D eigenvalue weighted by atomic mass is 9.73. The van der Waals surface area contributed by atoms with Gasteiger partial charge >= 0.3 is 0 Å². The molecule has 28 heavy (non-hydrogen) atoms. The number of hydrogen-bond donors (Lipinski definition) is 1. The first-order valence-corrected chi connectivity index (χ1v) is 10.5. The Morgan fingerprint density at radius 3 is 2.68 bits per heavy atom. The Labute approximate surface area is 172 Å². The van der Waals surface area contributed by atoms with Gasteiger partial charge in [-0.2, -0.15) is 5.10 Å². The van der Waals surface area contributed by atoms with Gasteiger partial charge in [-0.15, -0.1) is 0 Å². The molecule has 0 unspecified atom stereocenters. The molecule has 0 aromatic carbocycles. The van der Waals surface area contributed by atoms with Gasteiger partial charge in [0.1, 0.15) is 10.8 Å². The van der Waals surface area contributed by atoms with Crippen LogP contribution in [0.3, 0.4) is 0 Å². The normalized spacial score (nSPS) is 20.5. The van der Waals surface area contributed by atoms with Crippen LogP contribution in [-0.4, -0.2) is 37.8 Å². The molecule has 9 heteroatoms. The molecule has 7 nitrogen and oxygen atoms in total. The highest BCUT2D eigenvalue weighted by atomic mass is 35.5. The molecule has 0 amide bonds. The van der Waals surface area contributed by atoms with Gasteiger partial charge in [-0.25, -0.2) is 9.97 Å². The minimum Gasteiger partial charge on any atom is -0.355 e. The molecule has 0 bridgehead atoms. The third-order valence-electron chi connectivity index (χ3n) is 5.84. The SMILES string of the molecule is N[C@@H]1c2ccnn2CC12CCN(c1cnc(Sc3ccncc3Cl)cn1)CC2. The van der Waals surface area contributed by atoms with Gasteiger partial charge in [0, 0.05) is 48.5 Å². The zero-order valence-electron chi connectivity index (χ0n) is 15.2. The van der Waals surface area contributed by atoms with Crippen LogP contribution in [0.15, 0.2) is 53.0 Å². The van der Waals surface area contributed by atoms with Crippen LogP contribution in [0.4, 0.5) is 5.82 Å². The van der Waals surface area contributed by atoms with Crippen molar-refractivity contribution in [1.29, 1.82) is 0 Å². The van der Waals surface area contributed by atoms with Gasteiger partial charge in [0.15, 0.2) is 0 Å². The summed E-state index contributed by atoms with van der Waals surface area (Å²) in [5.74, 6) is 0.907. The highest BCUT2D eigenvalue weighted by Gasteiger charge is 2.46. The fourth-order valence-corrected chi connectivity index (χ4v) is 5.13. The van der Waals surface area contributed by atoms with Crippen molar-refractivity contribution in [1.82, 2.24) is 24.7 Å². The Hall–Kier alpha value is -2.16. The van der Waals surface area contributed by atoms with E-state index in [0.29, 0.717) is 5.02 Å². The molecule has 2 aliphatic rings. The number of piperidine rings is 1. The van der Waals surface area contributed by atoms with Crippen molar-refractivity contribution in [3.63, 3.8) is 0 Å². The predicted octanol–water partition coefficient (Wildman–Crippen LogP) is 3.17. The van der Waals surface area contributed by atoms with Crippen molar-refractivity contribution in [2.24, 2.45) is 11.1 Å².